The van der Waals surface area contributed by atoms with Gasteiger partial charge in [0, 0.05) is 37.3 Å². The Kier molecular flexibility index (Phi) is 7.52. The standard InChI is InChI=1S/C36H51N3O4/c1-22-9-14-36(42-21-22)23(2)33-30(43-36)17-29-27-8-7-25-16-26(10-12-34(25,3)28(27)11-13-35(29,33)4)39-32(41)18-31(40)38-20-24-6-5-15-37-19-24/h5-7,15,19,22-23,26-30,33H,8-14,16-18,20-21H2,1-4H3,(H,38,40)(H,39,41)/t22-,23+,26-,27-,28+,29+,30+,33+,34+,35+,36-/m1/s1. The fourth-order valence-electron chi connectivity index (χ4n) is 11.0. The summed E-state index contributed by atoms with van der Waals surface area (Å²) in [5.41, 5.74) is 3.00. The van der Waals surface area contributed by atoms with Gasteiger partial charge in [-0.05, 0) is 103 Å². The molecule has 2 saturated heterocycles. The molecule has 234 valence electrons. The van der Waals surface area contributed by atoms with E-state index in [0.717, 1.165) is 44.3 Å². The van der Waals surface area contributed by atoms with E-state index < -0.39 is 0 Å². The maximum Gasteiger partial charge on any atom is 0.229 e. The van der Waals surface area contributed by atoms with Gasteiger partial charge in [-0.1, -0.05) is 45.4 Å². The maximum absolute atomic E-state index is 12.8. The van der Waals surface area contributed by atoms with E-state index >= 15 is 0 Å². The highest BCUT2D eigenvalue weighted by Gasteiger charge is 2.68. The molecule has 7 nitrogen and oxygen atoms in total. The fourth-order valence-corrected chi connectivity index (χ4v) is 11.0. The van der Waals surface area contributed by atoms with Crippen LogP contribution in [0.1, 0.15) is 97.5 Å². The molecule has 2 N–H and O–H groups in total. The number of nitrogens with zero attached hydrogens (tertiary/aromatic N) is 1. The predicted molar refractivity (Wildman–Crippen MR) is 164 cm³/mol. The molecule has 1 aromatic heterocycles. The first kappa shape index (κ1) is 29.5. The summed E-state index contributed by atoms with van der Waals surface area (Å²) in [6.45, 7) is 11.1. The van der Waals surface area contributed by atoms with Crippen LogP contribution >= 0.6 is 0 Å². The summed E-state index contributed by atoms with van der Waals surface area (Å²) >= 11 is 0. The molecule has 0 bridgehead atoms. The zero-order valence-electron chi connectivity index (χ0n) is 26.6. The minimum atomic E-state index is -0.346. The highest BCUT2D eigenvalue weighted by Crippen LogP contribution is 2.70. The number of pyridine rings is 1. The van der Waals surface area contributed by atoms with Crippen LogP contribution in [-0.2, 0) is 25.6 Å². The van der Waals surface area contributed by atoms with Crippen molar-refractivity contribution >= 4 is 11.8 Å². The molecule has 5 fully saturated rings. The molecular formula is C36H51N3O4. The quantitative estimate of drug-likeness (QED) is 0.328. The average Bonchev–Trinajstić information content (AvgIpc) is 3.44. The normalized spacial score (nSPS) is 44.9. The van der Waals surface area contributed by atoms with Gasteiger partial charge in [0.2, 0.25) is 11.8 Å². The number of ether oxygens (including phenoxy) is 2. The molecule has 3 saturated carbocycles. The van der Waals surface area contributed by atoms with Gasteiger partial charge in [0.1, 0.15) is 6.42 Å². The van der Waals surface area contributed by atoms with E-state index in [1.807, 2.05) is 12.1 Å². The predicted octanol–water partition coefficient (Wildman–Crippen LogP) is 5.94. The van der Waals surface area contributed by atoms with Crippen LogP contribution in [0.3, 0.4) is 0 Å². The number of carbonyl (C=O) groups excluding carboxylic acids is 2. The Labute approximate surface area is 257 Å². The van der Waals surface area contributed by atoms with Crippen LogP contribution in [0.5, 0.6) is 0 Å². The first-order chi connectivity index (χ1) is 20.6. The topological polar surface area (TPSA) is 89.5 Å². The van der Waals surface area contributed by atoms with Crippen LogP contribution in [0.2, 0.25) is 0 Å². The van der Waals surface area contributed by atoms with Gasteiger partial charge in [-0.3, -0.25) is 14.6 Å². The van der Waals surface area contributed by atoms with Gasteiger partial charge >= 0.3 is 0 Å². The number of rotatable bonds is 5. The van der Waals surface area contributed by atoms with E-state index in [0.29, 0.717) is 53.6 Å². The minimum absolute atomic E-state index is 0.109. The summed E-state index contributed by atoms with van der Waals surface area (Å²) in [6, 6.07) is 3.86. The van der Waals surface area contributed by atoms with Crippen molar-refractivity contribution in [2.24, 2.45) is 46.3 Å². The number of allylic oxidation sites excluding steroid dienone is 1. The van der Waals surface area contributed by atoms with Crippen LogP contribution < -0.4 is 10.6 Å². The summed E-state index contributed by atoms with van der Waals surface area (Å²) in [4.78, 5) is 29.3. The lowest BCUT2D eigenvalue weighted by Gasteiger charge is -2.58. The van der Waals surface area contributed by atoms with Gasteiger partial charge < -0.3 is 20.1 Å². The number of fused-ring (bicyclic) bond motifs is 7. The largest absolute Gasteiger partial charge is 0.353 e. The number of hydrogen-bond acceptors (Lipinski definition) is 5. The smallest absolute Gasteiger partial charge is 0.229 e. The Bertz CT molecular complexity index is 1260. The lowest BCUT2D eigenvalue weighted by molar-refractivity contribution is -0.272. The van der Waals surface area contributed by atoms with Crippen LogP contribution in [-0.4, -0.2) is 41.3 Å². The van der Waals surface area contributed by atoms with E-state index in [-0.39, 0.29) is 35.5 Å². The van der Waals surface area contributed by atoms with E-state index in [1.54, 1.807) is 18.0 Å². The molecule has 7 heteroatoms. The molecule has 3 heterocycles. The van der Waals surface area contributed by atoms with E-state index in [1.165, 1.54) is 25.7 Å². The van der Waals surface area contributed by atoms with Crippen LogP contribution in [0.25, 0.3) is 0 Å². The summed E-state index contributed by atoms with van der Waals surface area (Å²) in [5.74, 6) is 3.04. The van der Waals surface area contributed by atoms with Crippen molar-refractivity contribution < 1.29 is 19.1 Å². The van der Waals surface area contributed by atoms with Gasteiger partial charge in [0.25, 0.3) is 0 Å². The molecule has 0 radical (unpaired) electrons. The fraction of sp³-hybridized carbons (Fsp3) is 0.750. The molecule has 0 unspecified atom stereocenters. The lowest BCUT2D eigenvalue weighted by atomic mass is 9.46. The summed E-state index contributed by atoms with van der Waals surface area (Å²) in [6.07, 6.45) is 16.4. The zero-order valence-corrected chi connectivity index (χ0v) is 26.6. The Morgan fingerprint density at radius 3 is 2.70 bits per heavy atom. The van der Waals surface area contributed by atoms with E-state index in [9.17, 15) is 9.59 Å². The molecule has 0 aromatic carbocycles. The van der Waals surface area contributed by atoms with E-state index in [2.05, 4.69) is 49.4 Å². The number of aromatic nitrogens is 1. The number of nitrogens with one attached hydrogen (secondary N) is 2. The summed E-state index contributed by atoms with van der Waals surface area (Å²) in [7, 11) is 0. The Balaban J connectivity index is 0.975. The van der Waals surface area contributed by atoms with Crippen molar-refractivity contribution in [2.45, 2.75) is 116 Å². The monoisotopic (exact) mass is 589 g/mol. The Morgan fingerprint density at radius 1 is 1.07 bits per heavy atom. The second kappa shape index (κ2) is 11.0. The number of hydrogen-bond donors (Lipinski definition) is 2. The van der Waals surface area contributed by atoms with E-state index in [4.69, 9.17) is 9.47 Å². The van der Waals surface area contributed by atoms with Crippen LogP contribution in [0, 0.1) is 46.3 Å². The van der Waals surface area contributed by atoms with Crippen LogP contribution in [0.4, 0.5) is 0 Å². The molecule has 2 amide bonds. The second-order valence-corrected chi connectivity index (χ2v) is 15.6. The van der Waals surface area contributed by atoms with Gasteiger partial charge in [-0.25, -0.2) is 0 Å². The third-order valence-corrected chi connectivity index (χ3v) is 13.3. The molecule has 11 atom stereocenters. The molecule has 4 aliphatic carbocycles. The number of amides is 2. The van der Waals surface area contributed by atoms with Crippen molar-refractivity contribution in [3.63, 3.8) is 0 Å². The SMILES string of the molecule is C[C@@H]1CC[C@@]2(OC1)O[C@H]1C[C@H]3[C@@H]4CC=C5C[C@H](NC(=O)CC(=O)NCc6cccnc6)CC[C@]5(C)[C@H]4CC[C@]3(C)[C@H]1[C@@H]2C. The first-order valence-electron chi connectivity index (χ1n) is 17.1. The maximum atomic E-state index is 12.8. The summed E-state index contributed by atoms with van der Waals surface area (Å²) in [5, 5.41) is 6.03. The van der Waals surface area contributed by atoms with Crippen LogP contribution in [0.15, 0.2) is 36.2 Å². The Morgan fingerprint density at radius 2 is 1.93 bits per heavy atom. The van der Waals surface area contributed by atoms with Crippen molar-refractivity contribution in [3.05, 3.63) is 41.7 Å². The second-order valence-electron chi connectivity index (χ2n) is 15.6. The molecule has 2 aliphatic heterocycles. The van der Waals surface area contributed by atoms with Gasteiger partial charge in [0.15, 0.2) is 5.79 Å². The summed E-state index contributed by atoms with van der Waals surface area (Å²) < 4.78 is 13.5. The van der Waals surface area contributed by atoms with Gasteiger partial charge in [-0.15, -0.1) is 0 Å². The third kappa shape index (κ3) is 4.97. The third-order valence-electron chi connectivity index (χ3n) is 13.3. The highest BCUT2D eigenvalue weighted by atomic mass is 16.7. The van der Waals surface area contributed by atoms with Crippen molar-refractivity contribution in [1.82, 2.24) is 15.6 Å². The average molecular weight is 590 g/mol. The minimum Gasteiger partial charge on any atom is -0.353 e. The molecule has 7 rings (SSSR count). The van der Waals surface area contributed by atoms with Gasteiger partial charge in [0.05, 0.1) is 12.7 Å². The van der Waals surface area contributed by atoms with Crippen molar-refractivity contribution in [2.75, 3.05) is 6.61 Å². The molecule has 1 aromatic rings. The molecular weight excluding hydrogens is 538 g/mol. The highest BCUT2D eigenvalue weighted by molar-refractivity contribution is 5.96. The van der Waals surface area contributed by atoms with Crippen molar-refractivity contribution in [3.8, 4) is 0 Å². The van der Waals surface area contributed by atoms with Crippen molar-refractivity contribution in [1.29, 1.82) is 0 Å². The zero-order chi connectivity index (χ0) is 30.0. The molecule has 6 aliphatic rings. The van der Waals surface area contributed by atoms with Gasteiger partial charge in [-0.2, -0.15) is 0 Å². The Hall–Kier alpha value is -2.25. The number of carbonyl (C=O) groups is 2. The lowest BCUT2D eigenvalue weighted by Crippen LogP contribution is -2.53. The molecule has 43 heavy (non-hydrogen) atoms. The molecule has 1 spiro atoms. The first-order valence-corrected chi connectivity index (χ1v) is 17.1.